The molecule has 0 radical (unpaired) electrons. The molecule has 0 aromatic rings. The van der Waals surface area contributed by atoms with Crippen LogP contribution in [-0.2, 0) is 14.3 Å². The molecular formula is C4H4BrClO3. The van der Waals surface area contributed by atoms with Gasteiger partial charge in [0.25, 0.3) is 0 Å². The molecule has 5 heteroatoms. The van der Waals surface area contributed by atoms with Gasteiger partial charge in [-0.1, -0.05) is 15.9 Å². The number of hydrogen-bond acceptors (Lipinski definition) is 3. The van der Waals surface area contributed by atoms with Crippen LogP contribution in [0, 0.1) is 0 Å². The van der Waals surface area contributed by atoms with Crippen LogP contribution in [0.1, 0.15) is 0 Å². The van der Waals surface area contributed by atoms with E-state index in [-0.39, 0.29) is 11.2 Å². The van der Waals surface area contributed by atoms with Crippen molar-refractivity contribution in [2.75, 3.05) is 11.2 Å². The van der Waals surface area contributed by atoms with Crippen molar-refractivity contribution >= 4 is 39.5 Å². The lowest BCUT2D eigenvalue weighted by molar-refractivity contribution is -0.155. The molecule has 0 bridgehead atoms. The van der Waals surface area contributed by atoms with E-state index in [4.69, 9.17) is 11.6 Å². The summed E-state index contributed by atoms with van der Waals surface area (Å²) < 4.78 is 4.09. The number of hydrogen-bond donors (Lipinski definition) is 0. The molecule has 0 unspecified atom stereocenters. The van der Waals surface area contributed by atoms with Crippen LogP contribution in [0.3, 0.4) is 0 Å². The Hall–Kier alpha value is -0.0900. The van der Waals surface area contributed by atoms with Crippen LogP contribution >= 0.6 is 27.5 Å². The quantitative estimate of drug-likeness (QED) is 0.387. The summed E-state index contributed by atoms with van der Waals surface area (Å²) in [5.41, 5.74) is 0. The molecule has 0 N–H and O–H groups in total. The summed E-state index contributed by atoms with van der Waals surface area (Å²) in [5, 5.41) is 0.00955. The highest BCUT2D eigenvalue weighted by Gasteiger charge is 2.05. The largest absolute Gasteiger partial charge is 0.392 e. The summed E-state index contributed by atoms with van der Waals surface area (Å²) >= 11 is 7.81. The summed E-state index contributed by atoms with van der Waals surface area (Å²) in [4.78, 5) is 20.4. The summed E-state index contributed by atoms with van der Waals surface area (Å²) in [6, 6.07) is 0. The third-order valence-corrected chi connectivity index (χ3v) is 1.12. The summed E-state index contributed by atoms with van der Waals surface area (Å²) in [6.45, 7) is 0. The van der Waals surface area contributed by atoms with Gasteiger partial charge in [-0.2, -0.15) is 0 Å². The van der Waals surface area contributed by atoms with Gasteiger partial charge in [0.15, 0.2) is 0 Å². The zero-order chi connectivity index (χ0) is 7.28. The van der Waals surface area contributed by atoms with E-state index in [0.717, 1.165) is 0 Å². The first-order valence-corrected chi connectivity index (χ1v) is 3.71. The first kappa shape index (κ1) is 8.91. The summed E-state index contributed by atoms with van der Waals surface area (Å²) in [6.07, 6.45) is 0. The third kappa shape index (κ3) is 4.42. The van der Waals surface area contributed by atoms with Crippen molar-refractivity contribution in [3.05, 3.63) is 0 Å². The normalized spacial score (nSPS) is 8.67. The second kappa shape index (κ2) is 4.76. The van der Waals surface area contributed by atoms with E-state index in [2.05, 4.69) is 20.7 Å². The topological polar surface area (TPSA) is 43.4 Å². The second-order valence-electron chi connectivity index (χ2n) is 1.11. The van der Waals surface area contributed by atoms with E-state index >= 15 is 0 Å². The fourth-order valence-electron chi connectivity index (χ4n) is 0.182. The highest BCUT2D eigenvalue weighted by atomic mass is 79.9. The van der Waals surface area contributed by atoms with Crippen LogP contribution in [-0.4, -0.2) is 23.1 Å². The number of rotatable bonds is 2. The molecule has 0 aliphatic carbocycles. The van der Waals surface area contributed by atoms with E-state index in [0.29, 0.717) is 0 Å². The third-order valence-electron chi connectivity index (χ3n) is 0.446. The Bertz CT molecular complexity index is 111. The van der Waals surface area contributed by atoms with Crippen molar-refractivity contribution in [3.63, 3.8) is 0 Å². The van der Waals surface area contributed by atoms with Crippen LogP contribution in [0.15, 0.2) is 0 Å². The first-order valence-electron chi connectivity index (χ1n) is 2.06. The van der Waals surface area contributed by atoms with Crippen LogP contribution in [0.4, 0.5) is 0 Å². The molecule has 3 nitrogen and oxygen atoms in total. The number of halogens is 2. The molecule has 0 spiro atoms. The maximum Gasteiger partial charge on any atom is 0.328 e. The standard InChI is InChI=1S/C4H4BrClO3/c5-1-3(7)9-4(8)2-6/h1-2H2. The van der Waals surface area contributed by atoms with Crippen LogP contribution in [0.2, 0.25) is 0 Å². The van der Waals surface area contributed by atoms with Gasteiger partial charge >= 0.3 is 11.9 Å². The maximum absolute atomic E-state index is 10.2. The van der Waals surface area contributed by atoms with Crippen LogP contribution in [0.25, 0.3) is 0 Å². The molecule has 0 aromatic carbocycles. The van der Waals surface area contributed by atoms with E-state index in [1.165, 1.54) is 0 Å². The lowest BCUT2D eigenvalue weighted by atomic mass is 10.7. The number of carbonyl (C=O) groups is 2. The van der Waals surface area contributed by atoms with Gasteiger partial charge in [-0.3, -0.25) is 9.59 Å². The fourth-order valence-corrected chi connectivity index (χ4v) is 0.351. The molecule has 0 aromatic heterocycles. The number of ether oxygens (including phenoxy) is 1. The van der Waals surface area contributed by atoms with Gasteiger partial charge in [-0.05, 0) is 0 Å². The minimum absolute atomic E-state index is 0.00955. The number of esters is 2. The van der Waals surface area contributed by atoms with Crippen molar-refractivity contribution in [2.24, 2.45) is 0 Å². The van der Waals surface area contributed by atoms with E-state index < -0.39 is 11.9 Å². The van der Waals surface area contributed by atoms with Crippen molar-refractivity contribution < 1.29 is 14.3 Å². The predicted octanol–water partition coefficient (Wildman–Crippen LogP) is 0.690. The van der Waals surface area contributed by atoms with Crippen molar-refractivity contribution in [2.45, 2.75) is 0 Å². The Kier molecular flexibility index (Phi) is 4.71. The molecule has 0 heterocycles. The minimum atomic E-state index is -0.721. The predicted molar refractivity (Wildman–Crippen MR) is 35.6 cm³/mol. The molecule has 0 rings (SSSR count). The van der Waals surface area contributed by atoms with Gasteiger partial charge in [0.2, 0.25) is 0 Å². The molecule has 0 atom stereocenters. The molecule has 9 heavy (non-hydrogen) atoms. The van der Waals surface area contributed by atoms with Gasteiger partial charge in [0, 0.05) is 0 Å². The summed E-state index contributed by atoms with van der Waals surface area (Å²) in [7, 11) is 0. The Balaban J connectivity index is 3.47. The first-order chi connectivity index (χ1) is 4.20. The second-order valence-corrected chi connectivity index (χ2v) is 1.94. The Labute approximate surface area is 65.4 Å². The Morgan fingerprint density at radius 1 is 1.44 bits per heavy atom. The van der Waals surface area contributed by atoms with Gasteiger partial charge in [-0.15, -0.1) is 11.6 Å². The average Bonchev–Trinajstić information content (AvgIpc) is 1.87. The van der Waals surface area contributed by atoms with Crippen LogP contribution < -0.4 is 0 Å². The molecule has 0 aliphatic heterocycles. The molecule has 0 amide bonds. The van der Waals surface area contributed by atoms with E-state index in [1.807, 2.05) is 0 Å². The maximum atomic E-state index is 10.2. The summed E-state index contributed by atoms with van der Waals surface area (Å²) in [5.74, 6) is -1.64. The van der Waals surface area contributed by atoms with Crippen molar-refractivity contribution in [3.8, 4) is 0 Å². The molecule has 0 saturated heterocycles. The number of carbonyl (C=O) groups excluding carboxylic acids is 2. The zero-order valence-corrected chi connectivity index (χ0v) is 6.74. The molecular weight excluding hydrogens is 211 g/mol. The molecule has 0 saturated carbocycles. The SMILES string of the molecule is O=C(CCl)OC(=O)CBr. The molecule has 0 fully saturated rings. The lowest BCUT2D eigenvalue weighted by Crippen LogP contribution is -2.13. The van der Waals surface area contributed by atoms with Gasteiger partial charge in [0.05, 0.1) is 0 Å². The van der Waals surface area contributed by atoms with Gasteiger partial charge < -0.3 is 4.74 Å². The lowest BCUT2D eigenvalue weighted by Gasteiger charge is -1.93. The Morgan fingerprint density at radius 2 is 2.00 bits per heavy atom. The highest BCUT2D eigenvalue weighted by Crippen LogP contribution is 1.87. The van der Waals surface area contributed by atoms with Crippen LogP contribution in [0.5, 0.6) is 0 Å². The smallest absolute Gasteiger partial charge is 0.328 e. The van der Waals surface area contributed by atoms with Crippen molar-refractivity contribution in [1.29, 1.82) is 0 Å². The zero-order valence-electron chi connectivity index (χ0n) is 4.39. The van der Waals surface area contributed by atoms with Crippen molar-refractivity contribution in [1.82, 2.24) is 0 Å². The molecule has 52 valence electrons. The Morgan fingerprint density at radius 3 is 2.33 bits per heavy atom. The van der Waals surface area contributed by atoms with Gasteiger partial charge in [-0.25, -0.2) is 0 Å². The van der Waals surface area contributed by atoms with Gasteiger partial charge in [0.1, 0.15) is 11.2 Å². The molecule has 0 aliphatic rings. The highest BCUT2D eigenvalue weighted by molar-refractivity contribution is 9.09. The fraction of sp³-hybridized carbons (Fsp3) is 0.500. The number of alkyl halides is 2. The monoisotopic (exact) mass is 214 g/mol. The minimum Gasteiger partial charge on any atom is -0.392 e. The average molecular weight is 215 g/mol. The van der Waals surface area contributed by atoms with E-state index in [1.54, 1.807) is 0 Å². The van der Waals surface area contributed by atoms with E-state index in [9.17, 15) is 9.59 Å².